The minimum absolute atomic E-state index is 0.154. The van der Waals surface area contributed by atoms with E-state index in [1.54, 1.807) is 0 Å². The van der Waals surface area contributed by atoms with Gasteiger partial charge < -0.3 is 4.57 Å². The monoisotopic (exact) mass is 666 g/mol. The summed E-state index contributed by atoms with van der Waals surface area (Å²) in [6.07, 6.45) is 0. The molecule has 246 valence electrons. The first-order valence-electron chi connectivity index (χ1n) is 17.8. The number of rotatable bonds is 5. The lowest BCUT2D eigenvalue weighted by Crippen LogP contribution is -2.26. The Morgan fingerprint density at radius 1 is 0.385 bits per heavy atom. The fourth-order valence-corrected chi connectivity index (χ4v) is 7.96. The lowest BCUT2D eigenvalue weighted by molar-refractivity contribution is 0.630. The third-order valence-electron chi connectivity index (χ3n) is 10.6. The topological polar surface area (TPSA) is 43.6 Å². The minimum atomic E-state index is -0.154. The van der Waals surface area contributed by atoms with Gasteiger partial charge in [0.1, 0.15) is 0 Å². The predicted molar refractivity (Wildman–Crippen MR) is 213 cm³/mol. The second-order valence-corrected chi connectivity index (χ2v) is 14.1. The number of aromatic nitrogens is 4. The number of fused-ring (bicyclic) bond motifs is 5. The summed E-state index contributed by atoms with van der Waals surface area (Å²) in [5.74, 6) is 1.97. The first-order valence-corrected chi connectivity index (χ1v) is 17.8. The third-order valence-corrected chi connectivity index (χ3v) is 10.6. The Bertz CT molecular complexity index is 2740. The minimum Gasteiger partial charge on any atom is -0.309 e. The van der Waals surface area contributed by atoms with Crippen LogP contribution in [-0.2, 0) is 5.41 Å². The summed E-state index contributed by atoms with van der Waals surface area (Å²) in [7, 11) is 0. The molecule has 0 fully saturated rings. The summed E-state index contributed by atoms with van der Waals surface area (Å²) < 4.78 is 2.47. The van der Waals surface area contributed by atoms with Gasteiger partial charge in [0.25, 0.3) is 0 Å². The van der Waals surface area contributed by atoms with Crippen LogP contribution < -0.4 is 0 Å². The largest absolute Gasteiger partial charge is 0.309 e. The van der Waals surface area contributed by atoms with Gasteiger partial charge in [-0.1, -0.05) is 153 Å². The molecule has 0 spiro atoms. The van der Waals surface area contributed by atoms with Crippen LogP contribution >= 0.6 is 0 Å². The van der Waals surface area contributed by atoms with Crippen LogP contribution in [0.25, 0.3) is 83.9 Å². The van der Waals surface area contributed by atoms with Crippen molar-refractivity contribution in [1.29, 1.82) is 0 Å². The molecule has 4 heteroatoms. The Morgan fingerprint density at radius 3 is 1.58 bits per heavy atom. The van der Waals surface area contributed by atoms with E-state index >= 15 is 0 Å². The van der Waals surface area contributed by atoms with Crippen molar-refractivity contribution in [2.24, 2.45) is 0 Å². The van der Waals surface area contributed by atoms with Gasteiger partial charge in [-0.15, -0.1) is 0 Å². The van der Waals surface area contributed by atoms with Gasteiger partial charge in [0.15, 0.2) is 17.5 Å². The van der Waals surface area contributed by atoms with Crippen molar-refractivity contribution in [2.75, 3.05) is 0 Å². The van der Waals surface area contributed by atoms with E-state index in [1.807, 2.05) is 60.7 Å². The maximum atomic E-state index is 4.93. The van der Waals surface area contributed by atoms with Crippen LogP contribution in [-0.4, -0.2) is 19.5 Å². The van der Waals surface area contributed by atoms with Gasteiger partial charge in [-0.05, 0) is 63.7 Å². The zero-order chi connectivity index (χ0) is 34.8. The van der Waals surface area contributed by atoms with Gasteiger partial charge in [-0.2, -0.15) is 0 Å². The second-order valence-electron chi connectivity index (χ2n) is 14.1. The standard InChI is InChI=1S/C48H34N4/c1-48(2)40-21-10-12-23-43(40)52-42-22-11-9-20-38(42)39-29-37(30-41(48)44(39)52)36-19-13-18-35(28-36)31-24-26-34(27-25-31)47-50-45(32-14-5-3-6-15-32)49-46(51-47)33-16-7-4-8-17-33/h3-30H,1-2H3. The highest BCUT2D eigenvalue weighted by Gasteiger charge is 2.35. The molecule has 0 aliphatic carbocycles. The van der Waals surface area contributed by atoms with Crippen LogP contribution in [0.2, 0.25) is 0 Å². The van der Waals surface area contributed by atoms with Crippen LogP contribution in [0.5, 0.6) is 0 Å². The van der Waals surface area contributed by atoms with E-state index in [4.69, 9.17) is 15.0 Å². The first-order chi connectivity index (χ1) is 25.5. The van der Waals surface area contributed by atoms with Gasteiger partial charge in [0.05, 0.1) is 16.7 Å². The van der Waals surface area contributed by atoms with E-state index < -0.39 is 0 Å². The van der Waals surface area contributed by atoms with E-state index in [-0.39, 0.29) is 5.41 Å². The molecule has 0 saturated heterocycles. The summed E-state index contributed by atoms with van der Waals surface area (Å²) in [6, 6.07) is 60.2. The molecule has 9 aromatic rings. The maximum absolute atomic E-state index is 4.93. The lowest BCUT2D eigenvalue weighted by atomic mass is 9.74. The highest BCUT2D eigenvalue weighted by atomic mass is 15.0. The van der Waals surface area contributed by atoms with Crippen molar-refractivity contribution in [3.63, 3.8) is 0 Å². The van der Waals surface area contributed by atoms with Crippen molar-refractivity contribution in [3.8, 4) is 62.1 Å². The molecular weight excluding hydrogens is 633 g/mol. The average Bonchev–Trinajstić information content (AvgIpc) is 3.55. The number of hydrogen-bond acceptors (Lipinski definition) is 3. The van der Waals surface area contributed by atoms with Crippen LogP contribution in [0.15, 0.2) is 170 Å². The molecule has 1 aliphatic heterocycles. The number of hydrogen-bond donors (Lipinski definition) is 0. The van der Waals surface area contributed by atoms with Crippen LogP contribution in [0, 0.1) is 0 Å². The Hall–Kier alpha value is -6.65. The second kappa shape index (κ2) is 11.7. The van der Waals surface area contributed by atoms with Crippen molar-refractivity contribution in [1.82, 2.24) is 19.5 Å². The van der Waals surface area contributed by atoms with Gasteiger partial charge in [-0.25, -0.2) is 15.0 Å². The van der Waals surface area contributed by atoms with Crippen molar-refractivity contribution < 1.29 is 0 Å². The number of benzene rings is 7. The van der Waals surface area contributed by atoms with E-state index in [9.17, 15) is 0 Å². The van der Waals surface area contributed by atoms with Gasteiger partial charge in [0, 0.05) is 32.9 Å². The highest BCUT2D eigenvalue weighted by molar-refractivity contribution is 6.13. The van der Waals surface area contributed by atoms with Gasteiger partial charge >= 0.3 is 0 Å². The fourth-order valence-electron chi connectivity index (χ4n) is 7.96. The molecule has 4 nitrogen and oxygen atoms in total. The summed E-state index contributed by atoms with van der Waals surface area (Å²) in [4.78, 5) is 14.7. The molecule has 10 rings (SSSR count). The molecule has 52 heavy (non-hydrogen) atoms. The normalized spacial score (nSPS) is 13.0. The van der Waals surface area contributed by atoms with Crippen molar-refractivity contribution >= 4 is 21.8 Å². The Morgan fingerprint density at radius 2 is 0.904 bits per heavy atom. The molecule has 7 aromatic carbocycles. The summed E-state index contributed by atoms with van der Waals surface area (Å²) in [6.45, 7) is 4.73. The molecule has 3 heterocycles. The molecule has 0 radical (unpaired) electrons. The Balaban J connectivity index is 1.06. The molecule has 0 bridgehead atoms. The average molecular weight is 667 g/mol. The van der Waals surface area contributed by atoms with E-state index in [1.165, 1.54) is 49.7 Å². The third kappa shape index (κ3) is 4.79. The smallest absolute Gasteiger partial charge is 0.164 e. The van der Waals surface area contributed by atoms with Gasteiger partial charge in [-0.3, -0.25) is 0 Å². The Labute approximate surface area is 302 Å². The molecule has 1 aliphatic rings. The maximum Gasteiger partial charge on any atom is 0.164 e. The summed E-state index contributed by atoms with van der Waals surface area (Å²) >= 11 is 0. The van der Waals surface area contributed by atoms with Crippen LogP contribution in [0.4, 0.5) is 0 Å². The SMILES string of the molecule is CC1(C)c2ccccc2-n2c3ccccc3c3cc(-c4cccc(-c5ccc(-c6nc(-c7ccccc7)nc(-c7ccccc7)n6)cc5)c4)cc1c32. The molecule has 0 saturated carbocycles. The fraction of sp³-hybridized carbons (Fsp3) is 0.0625. The molecule has 0 amide bonds. The predicted octanol–water partition coefficient (Wildman–Crippen LogP) is 11.9. The van der Waals surface area contributed by atoms with E-state index in [0.717, 1.165) is 27.8 Å². The van der Waals surface area contributed by atoms with Crippen LogP contribution in [0.3, 0.4) is 0 Å². The van der Waals surface area contributed by atoms with E-state index in [0.29, 0.717) is 17.5 Å². The van der Waals surface area contributed by atoms with Crippen LogP contribution in [0.1, 0.15) is 25.0 Å². The van der Waals surface area contributed by atoms with Crippen molar-refractivity contribution in [2.45, 2.75) is 19.3 Å². The molecule has 0 unspecified atom stereocenters. The first kappa shape index (κ1) is 30.2. The summed E-state index contributed by atoms with van der Waals surface area (Å²) in [5, 5.41) is 2.58. The lowest BCUT2D eigenvalue weighted by Gasteiger charge is -2.35. The molecular formula is C48H34N4. The zero-order valence-corrected chi connectivity index (χ0v) is 29.0. The zero-order valence-electron chi connectivity index (χ0n) is 29.0. The quantitative estimate of drug-likeness (QED) is 0.184. The molecule has 0 atom stereocenters. The van der Waals surface area contributed by atoms with Gasteiger partial charge in [0.2, 0.25) is 0 Å². The number of para-hydroxylation sites is 2. The highest BCUT2D eigenvalue weighted by Crippen LogP contribution is 2.49. The van der Waals surface area contributed by atoms with E-state index in [2.05, 4.69) is 128 Å². The summed E-state index contributed by atoms with van der Waals surface area (Å²) in [5.41, 5.74) is 14.0. The Kier molecular flexibility index (Phi) is 6.80. The number of nitrogens with zero attached hydrogens (tertiary/aromatic N) is 4. The molecule has 2 aromatic heterocycles. The van der Waals surface area contributed by atoms with Crippen molar-refractivity contribution in [3.05, 3.63) is 181 Å². The molecule has 0 N–H and O–H groups in total.